The molecule has 0 saturated carbocycles. The predicted octanol–water partition coefficient (Wildman–Crippen LogP) is 1.41. The van der Waals surface area contributed by atoms with Gasteiger partial charge in [-0.15, -0.1) is 0 Å². The number of hydrogen-bond acceptors (Lipinski definition) is 3. The number of anilines is 1. The van der Waals surface area contributed by atoms with Gasteiger partial charge >= 0.3 is 0 Å². The molecule has 1 aliphatic heterocycles. The zero-order valence-electron chi connectivity index (χ0n) is 6.41. The van der Waals surface area contributed by atoms with Crippen LogP contribution < -0.4 is 5.32 Å². The van der Waals surface area contributed by atoms with Gasteiger partial charge in [-0.25, -0.2) is 0 Å². The third-order valence-corrected chi connectivity index (χ3v) is 1.79. The number of rotatable bonds is 0. The molecule has 0 spiro atoms. The topological polar surface area (TPSA) is 48.7 Å². The second-order valence-corrected chi connectivity index (χ2v) is 2.60. The van der Waals surface area contributed by atoms with Gasteiger partial charge in [0.05, 0.1) is 12.6 Å². The van der Waals surface area contributed by atoms with Gasteiger partial charge in [0, 0.05) is 29.2 Å². The minimum atomic E-state index is 0.619. The van der Waals surface area contributed by atoms with Crippen molar-refractivity contribution < 1.29 is 0 Å². The Morgan fingerprint density at radius 2 is 2.50 bits per heavy atom. The molecule has 2 rings (SSSR count). The lowest BCUT2D eigenvalue weighted by molar-refractivity contribution is 1.21. The molecule has 0 saturated heterocycles. The van der Waals surface area contributed by atoms with Gasteiger partial charge in [0.15, 0.2) is 0 Å². The SMILES string of the molecule is N#CC1=Cc2cnccc2NC1. The fourth-order valence-electron chi connectivity index (χ4n) is 1.18. The smallest absolute Gasteiger partial charge is 0.0966 e. The molecular weight excluding hydrogens is 150 g/mol. The van der Waals surface area contributed by atoms with Crippen LogP contribution in [-0.2, 0) is 0 Å². The molecular formula is C9H7N3. The van der Waals surface area contributed by atoms with E-state index in [2.05, 4.69) is 16.4 Å². The summed E-state index contributed by atoms with van der Waals surface area (Å²) in [6.07, 6.45) is 5.34. The first-order valence-corrected chi connectivity index (χ1v) is 3.69. The molecule has 0 aromatic carbocycles. The number of pyridine rings is 1. The van der Waals surface area contributed by atoms with Crippen molar-refractivity contribution in [3.05, 3.63) is 29.6 Å². The molecule has 2 heterocycles. The Hall–Kier alpha value is -1.82. The Labute approximate surface area is 70.4 Å². The van der Waals surface area contributed by atoms with Crippen LogP contribution in [0.1, 0.15) is 5.56 Å². The van der Waals surface area contributed by atoms with E-state index in [1.165, 1.54) is 0 Å². The van der Waals surface area contributed by atoms with Crippen LogP contribution >= 0.6 is 0 Å². The molecule has 1 aliphatic rings. The van der Waals surface area contributed by atoms with Gasteiger partial charge in [-0.05, 0) is 12.1 Å². The standard InChI is InChI=1S/C9H7N3/c10-4-7-3-8-6-11-2-1-9(8)12-5-7/h1-3,6,12H,5H2. The first-order chi connectivity index (χ1) is 5.90. The van der Waals surface area contributed by atoms with E-state index in [0.29, 0.717) is 6.54 Å². The quantitative estimate of drug-likeness (QED) is 0.619. The predicted molar refractivity (Wildman–Crippen MR) is 46.3 cm³/mol. The van der Waals surface area contributed by atoms with Crippen molar-refractivity contribution in [2.75, 3.05) is 11.9 Å². The molecule has 3 nitrogen and oxygen atoms in total. The number of nitriles is 1. The molecule has 58 valence electrons. The van der Waals surface area contributed by atoms with E-state index in [0.717, 1.165) is 16.8 Å². The molecule has 0 unspecified atom stereocenters. The molecule has 1 aromatic rings. The first kappa shape index (κ1) is 6.86. The third-order valence-electron chi connectivity index (χ3n) is 1.79. The molecule has 1 aromatic heterocycles. The van der Waals surface area contributed by atoms with Crippen molar-refractivity contribution in [1.29, 1.82) is 5.26 Å². The molecule has 0 atom stereocenters. The zero-order chi connectivity index (χ0) is 8.39. The van der Waals surface area contributed by atoms with Crippen LogP contribution in [0.25, 0.3) is 6.08 Å². The molecule has 12 heavy (non-hydrogen) atoms. The number of aromatic nitrogens is 1. The highest BCUT2D eigenvalue weighted by Crippen LogP contribution is 2.21. The van der Waals surface area contributed by atoms with Gasteiger partial charge in [-0.2, -0.15) is 5.26 Å². The number of hydrogen-bond donors (Lipinski definition) is 1. The highest BCUT2D eigenvalue weighted by molar-refractivity contribution is 5.73. The fraction of sp³-hybridized carbons (Fsp3) is 0.111. The average Bonchev–Trinajstić information content (AvgIpc) is 2.17. The fourth-order valence-corrected chi connectivity index (χ4v) is 1.18. The van der Waals surface area contributed by atoms with Crippen molar-refractivity contribution in [3.63, 3.8) is 0 Å². The van der Waals surface area contributed by atoms with Crippen LogP contribution in [0, 0.1) is 11.3 Å². The van der Waals surface area contributed by atoms with Gasteiger partial charge in [0.25, 0.3) is 0 Å². The molecule has 1 N–H and O–H groups in total. The highest BCUT2D eigenvalue weighted by atomic mass is 14.9. The molecule has 0 bridgehead atoms. The minimum Gasteiger partial charge on any atom is -0.380 e. The molecule has 0 aliphatic carbocycles. The molecule has 3 heteroatoms. The van der Waals surface area contributed by atoms with E-state index in [1.54, 1.807) is 12.4 Å². The van der Waals surface area contributed by atoms with Gasteiger partial charge in [-0.1, -0.05) is 0 Å². The summed E-state index contributed by atoms with van der Waals surface area (Å²) in [6.45, 7) is 0.619. The lowest BCUT2D eigenvalue weighted by atomic mass is 10.1. The Morgan fingerprint density at radius 1 is 1.58 bits per heavy atom. The van der Waals surface area contributed by atoms with E-state index >= 15 is 0 Å². The van der Waals surface area contributed by atoms with Crippen LogP contribution in [-0.4, -0.2) is 11.5 Å². The van der Waals surface area contributed by atoms with Crippen molar-refractivity contribution in [2.45, 2.75) is 0 Å². The Bertz CT molecular complexity index is 374. The van der Waals surface area contributed by atoms with Gasteiger partial charge in [-0.3, -0.25) is 4.98 Å². The zero-order valence-corrected chi connectivity index (χ0v) is 6.41. The second kappa shape index (κ2) is 2.67. The molecule has 0 amide bonds. The minimum absolute atomic E-state index is 0.619. The lowest BCUT2D eigenvalue weighted by Crippen LogP contribution is -2.09. The van der Waals surface area contributed by atoms with Crippen molar-refractivity contribution in [3.8, 4) is 6.07 Å². The highest BCUT2D eigenvalue weighted by Gasteiger charge is 2.07. The third kappa shape index (κ3) is 1.04. The molecule has 0 fully saturated rings. The van der Waals surface area contributed by atoms with E-state index < -0.39 is 0 Å². The van der Waals surface area contributed by atoms with Crippen LogP contribution in [0.2, 0.25) is 0 Å². The summed E-state index contributed by atoms with van der Waals surface area (Å²) in [5.74, 6) is 0. The van der Waals surface area contributed by atoms with E-state index in [-0.39, 0.29) is 0 Å². The van der Waals surface area contributed by atoms with E-state index in [1.807, 2.05) is 12.1 Å². The molecule has 0 radical (unpaired) electrons. The van der Waals surface area contributed by atoms with Gasteiger partial charge < -0.3 is 5.32 Å². The summed E-state index contributed by atoms with van der Waals surface area (Å²) < 4.78 is 0. The Balaban J connectivity index is 2.49. The van der Waals surface area contributed by atoms with Crippen molar-refractivity contribution in [1.82, 2.24) is 4.98 Å². The summed E-state index contributed by atoms with van der Waals surface area (Å²) in [6, 6.07) is 4.02. The maximum atomic E-state index is 8.64. The maximum Gasteiger partial charge on any atom is 0.0966 e. The van der Waals surface area contributed by atoms with Crippen LogP contribution in [0.5, 0.6) is 0 Å². The van der Waals surface area contributed by atoms with Crippen molar-refractivity contribution in [2.24, 2.45) is 0 Å². The Morgan fingerprint density at radius 3 is 3.33 bits per heavy atom. The summed E-state index contributed by atoms with van der Waals surface area (Å²) >= 11 is 0. The summed E-state index contributed by atoms with van der Waals surface area (Å²) in [7, 11) is 0. The number of nitrogens with one attached hydrogen (secondary N) is 1. The summed E-state index contributed by atoms with van der Waals surface area (Å²) in [4.78, 5) is 3.97. The van der Waals surface area contributed by atoms with Crippen LogP contribution in [0.15, 0.2) is 24.0 Å². The Kier molecular flexibility index (Phi) is 1.52. The number of fused-ring (bicyclic) bond motifs is 1. The first-order valence-electron chi connectivity index (χ1n) is 3.69. The second-order valence-electron chi connectivity index (χ2n) is 2.60. The maximum absolute atomic E-state index is 8.64. The lowest BCUT2D eigenvalue weighted by Gasteiger charge is -2.13. The van der Waals surface area contributed by atoms with Crippen LogP contribution in [0.3, 0.4) is 0 Å². The van der Waals surface area contributed by atoms with Crippen LogP contribution in [0.4, 0.5) is 5.69 Å². The summed E-state index contributed by atoms with van der Waals surface area (Å²) in [5.41, 5.74) is 2.78. The largest absolute Gasteiger partial charge is 0.380 e. The monoisotopic (exact) mass is 157 g/mol. The van der Waals surface area contributed by atoms with Gasteiger partial charge in [0.1, 0.15) is 0 Å². The number of nitrogens with zero attached hydrogens (tertiary/aromatic N) is 2. The average molecular weight is 157 g/mol. The summed E-state index contributed by atoms with van der Waals surface area (Å²) in [5, 5.41) is 11.8. The van der Waals surface area contributed by atoms with Crippen molar-refractivity contribution >= 4 is 11.8 Å². The van der Waals surface area contributed by atoms with Gasteiger partial charge in [0.2, 0.25) is 0 Å². The van der Waals surface area contributed by atoms with E-state index in [4.69, 9.17) is 5.26 Å². The van der Waals surface area contributed by atoms with E-state index in [9.17, 15) is 0 Å². The normalized spacial score (nSPS) is 13.8.